The quantitative estimate of drug-likeness (QED) is 0.0728. The largest absolute Gasteiger partial charge is 0.462 e. The van der Waals surface area contributed by atoms with Crippen LogP contribution in [0.1, 0.15) is 25.7 Å². The number of hydrogen-bond acceptors (Lipinski definition) is 16. The first-order valence-electron chi connectivity index (χ1n) is 17.2. The van der Waals surface area contributed by atoms with E-state index in [1.54, 1.807) is 0 Å². The highest BCUT2D eigenvalue weighted by Crippen LogP contribution is 2.29. The number of ether oxygens (including phenoxy) is 8. The van der Waals surface area contributed by atoms with Gasteiger partial charge in [-0.25, -0.2) is 38.4 Å². The minimum absolute atomic E-state index is 0.00852. The van der Waals surface area contributed by atoms with E-state index in [-0.39, 0.29) is 24.9 Å². The molecule has 2 atom stereocenters. The third kappa shape index (κ3) is 19.2. The van der Waals surface area contributed by atoms with Crippen LogP contribution in [0.4, 0.5) is 9.59 Å². The summed E-state index contributed by atoms with van der Waals surface area (Å²) in [7, 11) is 0. The first kappa shape index (κ1) is 47.8. The fraction of sp³-hybridized carbons (Fsp3) is 0.474. The minimum atomic E-state index is -1.49. The molecule has 18 nitrogen and oxygen atoms in total. The Labute approximate surface area is 324 Å². The van der Waals surface area contributed by atoms with Gasteiger partial charge in [0.15, 0.2) is 0 Å². The maximum Gasteiger partial charge on any atom is 0.407 e. The van der Waals surface area contributed by atoms with Crippen molar-refractivity contribution >= 4 is 48.0 Å². The minimum Gasteiger partial charge on any atom is -0.462 e. The molecule has 0 aromatic carbocycles. The van der Waals surface area contributed by atoms with E-state index in [2.05, 4.69) is 50.1 Å². The maximum atomic E-state index is 12.8. The van der Waals surface area contributed by atoms with Gasteiger partial charge in [-0.05, 0) is 31.1 Å². The molecule has 2 amide bonds. The number of carbonyl (C=O) groups is 8. The monoisotopic (exact) mass is 790 g/mol. The van der Waals surface area contributed by atoms with Crippen LogP contribution in [0.2, 0.25) is 0 Å². The van der Waals surface area contributed by atoms with Gasteiger partial charge in [0, 0.05) is 49.5 Å². The van der Waals surface area contributed by atoms with Crippen molar-refractivity contribution in [2.45, 2.75) is 25.7 Å². The Morgan fingerprint density at radius 2 is 0.661 bits per heavy atom. The first-order valence-corrected chi connectivity index (χ1v) is 17.2. The van der Waals surface area contributed by atoms with Gasteiger partial charge in [0.25, 0.3) is 0 Å². The molecule has 1 saturated carbocycles. The number of alkyl carbamates (subject to hydrolysis) is 2. The number of amides is 2. The summed E-state index contributed by atoms with van der Waals surface area (Å²) in [6.07, 6.45) is 6.60. The summed E-state index contributed by atoms with van der Waals surface area (Å²) in [6.45, 7) is 16.5. The molecule has 2 N–H and O–H groups in total. The van der Waals surface area contributed by atoms with E-state index in [1.165, 1.54) is 0 Å². The average Bonchev–Trinajstić information content (AvgIpc) is 3.22. The van der Waals surface area contributed by atoms with Crippen LogP contribution in [0.5, 0.6) is 0 Å². The highest BCUT2D eigenvalue weighted by molar-refractivity contribution is 5.83. The number of nitrogens with one attached hydrogen (secondary N) is 2. The smallest absolute Gasteiger partial charge is 0.407 e. The SMILES string of the molecule is C=CC(=O)OCC(COC(=O)C=C)(COC(=O)C=C)COC(=O)NCC1CCCC(CNC(=O)OCC(COC(=O)C=C)(COC(=O)C=C)COC(=O)C=C)C1. The lowest BCUT2D eigenvalue weighted by Gasteiger charge is -2.32. The Balaban J connectivity index is 2.85. The Kier molecular flexibility index (Phi) is 22.0. The fourth-order valence-electron chi connectivity index (χ4n) is 4.97. The zero-order valence-corrected chi connectivity index (χ0v) is 31.3. The molecular formula is C38H50N2O16. The van der Waals surface area contributed by atoms with Gasteiger partial charge in [-0.15, -0.1) is 0 Å². The number of rotatable bonds is 26. The van der Waals surface area contributed by atoms with Crippen LogP contribution in [0.3, 0.4) is 0 Å². The van der Waals surface area contributed by atoms with Gasteiger partial charge >= 0.3 is 48.0 Å². The van der Waals surface area contributed by atoms with Gasteiger partial charge in [0.2, 0.25) is 0 Å². The van der Waals surface area contributed by atoms with Crippen LogP contribution < -0.4 is 10.6 Å². The van der Waals surface area contributed by atoms with E-state index in [0.717, 1.165) is 55.7 Å². The standard InChI is InChI=1S/C38H50N2O16/c1-7-29(41)49-19-37(20-50-30(42)8-2,21-51-31(43)9-3)25-55-35(47)39-17-27-14-13-15-28(16-27)18-40-36(48)56-26-38(22-52-32(44)10-4,23-53-33(45)11-5)24-54-34(46)12-6/h7-12,27-28H,1-6,13-26H2,(H,39,47)(H,40,48). The molecule has 0 aromatic rings. The van der Waals surface area contributed by atoms with Crippen molar-refractivity contribution in [2.75, 3.05) is 65.9 Å². The summed E-state index contributed by atoms with van der Waals surface area (Å²) in [5.41, 5.74) is -2.99. The van der Waals surface area contributed by atoms with Crippen LogP contribution in [0, 0.1) is 22.7 Å². The summed E-state index contributed by atoms with van der Waals surface area (Å²) in [5, 5.41) is 5.35. The zero-order chi connectivity index (χ0) is 42.0. The molecule has 0 heterocycles. The van der Waals surface area contributed by atoms with E-state index in [1.807, 2.05) is 0 Å². The van der Waals surface area contributed by atoms with Crippen molar-refractivity contribution in [3.8, 4) is 0 Å². The lowest BCUT2D eigenvalue weighted by molar-refractivity contribution is -0.161. The van der Waals surface area contributed by atoms with E-state index in [4.69, 9.17) is 37.9 Å². The average molecular weight is 791 g/mol. The Morgan fingerprint density at radius 1 is 0.429 bits per heavy atom. The van der Waals surface area contributed by atoms with E-state index in [9.17, 15) is 38.4 Å². The normalized spacial score (nSPS) is 14.8. The predicted octanol–water partition coefficient (Wildman–Crippen LogP) is 2.59. The van der Waals surface area contributed by atoms with Crippen LogP contribution in [-0.4, -0.2) is 114 Å². The van der Waals surface area contributed by atoms with Crippen molar-refractivity contribution < 1.29 is 76.3 Å². The lowest BCUT2D eigenvalue weighted by Crippen LogP contribution is -2.45. The summed E-state index contributed by atoms with van der Waals surface area (Å²) in [6, 6.07) is 0. The van der Waals surface area contributed by atoms with Gasteiger partial charge < -0.3 is 48.5 Å². The molecule has 1 aliphatic rings. The molecule has 0 saturated heterocycles. The van der Waals surface area contributed by atoms with Crippen molar-refractivity contribution in [1.82, 2.24) is 10.6 Å². The fourth-order valence-corrected chi connectivity index (χ4v) is 4.97. The summed E-state index contributed by atoms with van der Waals surface area (Å²) >= 11 is 0. The molecule has 0 bridgehead atoms. The first-order chi connectivity index (χ1) is 26.7. The van der Waals surface area contributed by atoms with Crippen LogP contribution in [0.25, 0.3) is 0 Å². The summed E-state index contributed by atoms with van der Waals surface area (Å²) in [4.78, 5) is 96.5. The van der Waals surface area contributed by atoms with Gasteiger partial charge in [-0.1, -0.05) is 45.9 Å². The maximum absolute atomic E-state index is 12.8. The van der Waals surface area contributed by atoms with E-state index in [0.29, 0.717) is 6.42 Å². The topological polar surface area (TPSA) is 234 Å². The molecule has 1 aliphatic carbocycles. The van der Waals surface area contributed by atoms with Crippen molar-refractivity contribution in [2.24, 2.45) is 22.7 Å². The van der Waals surface area contributed by atoms with Gasteiger partial charge in [-0.2, -0.15) is 0 Å². The molecular weight excluding hydrogens is 740 g/mol. The predicted molar refractivity (Wildman–Crippen MR) is 196 cm³/mol. The molecule has 1 fully saturated rings. The van der Waals surface area contributed by atoms with Crippen LogP contribution in [0.15, 0.2) is 75.9 Å². The molecule has 56 heavy (non-hydrogen) atoms. The van der Waals surface area contributed by atoms with Gasteiger partial charge in [0.05, 0.1) is 0 Å². The number of hydrogen-bond donors (Lipinski definition) is 2. The second-order valence-corrected chi connectivity index (χ2v) is 12.7. The van der Waals surface area contributed by atoms with Crippen molar-refractivity contribution in [1.29, 1.82) is 0 Å². The van der Waals surface area contributed by atoms with Crippen molar-refractivity contribution in [3.63, 3.8) is 0 Å². The highest BCUT2D eigenvalue weighted by Gasteiger charge is 2.39. The molecule has 1 rings (SSSR count). The van der Waals surface area contributed by atoms with Crippen molar-refractivity contribution in [3.05, 3.63) is 75.9 Å². The Morgan fingerprint density at radius 3 is 0.893 bits per heavy atom. The van der Waals surface area contributed by atoms with E-state index < -0.39 is 112 Å². The summed E-state index contributed by atoms with van der Waals surface area (Å²) in [5.74, 6) is -4.95. The van der Waals surface area contributed by atoms with Crippen LogP contribution >= 0.6 is 0 Å². The van der Waals surface area contributed by atoms with E-state index >= 15 is 0 Å². The second-order valence-electron chi connectivity index (χ2n) is 12.7. The molecule has 0 radical (unpaired) electrons. The third-order valence-electron chi connectivity index (χ3n) is 8.10. The third-order valence-corrected chi connectivity index (χ3v) is 8.10. The highest BCUT2D eigenvalue weighted by atomic mass is 16.6. The van der Waals surface area contributed by atoms with Gasteiger partial charge in [-0.3, -0.25) is 0 Å². The molecule has 18 heteroatoms. The van der Waals surface area contributed by atoms with Crippen LogP contribution in [-0.2, 0) is 66.7 Å². The zero-order valence-electron chi connectivity index (χ0n) is 31.3. The number of carbonyl (C=O) groups excluding carboxylic acids is 8. The Bertz CT molecular complexity index is 1250. The Hall–Kier alpha value is -6.20. The summed E-state index contributed by atoms with van der Waals surface area (Å²) < 4.78 is 41.5. The lowest BCUT2D eigenvalue weighted by atomic mass is 9.81. The molecule has 0 spiro atoms. The molecule has 0 aliphatic heterocycles. The van der Waals surface area contributed by atoms with Gasteiger partial charge in [0.1, 0.15) is 63.7 Å². The second kappa shape index (κ2) is 25.8. The molecule has 2 unspecified atom stereocenters. The molecule has 0 aromatic heterocycles. The number of esters is 6. The molecule has 308 valence electrons.